The lowest BCUT2D eigenvalue weighted by Crippen LogP contribution is -2.39. The lowest BCUT2D eigenvalue weighted by atomic mass is 9.62. The van der Waals surface area contributed by atoms with E-state index in [0.717, 1.165) is 26.1 Å². The molecular formula is C19H31NO. The highest BCUT2D eigenvalue weighted by Crippen LogP contribution is 2.49. The smallest absolute Gasteiger partial charge is 0.0493 e. The molecule has 1 aromatic rings. The van der Waals surface area contributed by atoms with Gasteiger partial charge in [-0.05, 0) is 50.4 Å². The summed E-state index contributed by atoms with van der Waals surface area (Å²) in [5.41, 5.74) is 1.51. The topological polar surface area (TPSA) is 23.5 Å². The van der Waals surface area contributed by atoms with Crippen LogP contribution in [0, 0.1) is 5.41 Å². The van der Waals surface area contributed by atoms with Crippen molar-refractivity contribution >= 4 is 0 Å². The standard InChI is InChI=1S/C19H31NO/c1-3-20(4-2)15-14-19(16-21)13-9-8-12-18(19)17-10-6-5-7-11-17/h5-7,10-11,18,21H,3-4,8-9,12-16H2,1-2H3. The summed E-state index contributed by atoms with van der Waals surface area (Å²) >= 11 is 0. The maximum absolute atomic E-state index is 10.2. The summed E-state index contributed by atoms with van der Waals surface area (Å²) in [6, 6.07) is 10.9. The summed E-state index contributed by atoms with van der Waals surface area (Å²) in [6.07, 6.45) is 6.08. The first-order valence-electron chi connectivity index (χ1n) is 8.64. The van der Waals surface area contributed by atoms with Crippen LogP contribution in [0.15, 0.2) is 30.3 Å². The summed E-state index contributed by atoms with van der Waals surface area (Å²) in [4.78, 5) is 2.48. The molecule has 0 heterocycles. The molecule has 1 aliphatic carbocycles. The molecule has 2 nitrogen and oxygen atoms in total. The van der Waals surface area contributed by atoms with E-state index in [1.54, 1.807) is 0 Å². The van der Waals surface area contributed by atoms with Gasteiger partial charge in [0, 0.05) is 12.0 Å². The molecule has 21 heavy (non-hydrogen) atoms. The Balaban J connectivity index is 2.16. The SMILES string of the molecule is CCN(CC)CCC1(CO)CCCCC1c1ccccc1. The van der Waals surface area contributed by atoms with Crippen molar-refractivity contribution in [2.75, 3.05) is 26.2 Å². The second-order valence-electron chi connectivity index (χ2n) is 6.51. The van der Waals surface area contributed by atoms with E-state index in [4.69, 9.17) is 0 Å². The van der Waals surface area contributed by atoms with Gasteiger partial charge in [-0.2, -0.15) is 0 Å². The fraction of sp³-hybridized carbons (Fsp3) is 0.684. The molecule has 0 saturated heterocycles. The Bertz CT molecular complexity index is 401. The molecule has 1 fully saturated rings. The molecule has 0 radical (unpaired) electrons. The van der Waals surface area contributed by atoms with Crippen molar-refractivity contribution < 1.29 is 5.11 Å². The second kappa shape index (κ2) is 7.95. The minimum Gasteiger partial charge on any atom is -0.396 e. The van der Waals surface area contributed by atoms with Crippen molar-refractivity contribution in [1.29, 1.82) is 0 Å². The summed E-state index contributed by atoms with van der Waals surface area (Å²) in [5, 5.41) is 10.2. The van der Waals surface area contributed by atoms with E-state index in [1.165, 1.54) is 31.2 Å². The van der Waals surface area contributed by atoms with Crippen molar-refractivity contribution in [3.63, 3.8) is 0 Å². The molecule has 1 aliphatic rings. The summed E-state index contributed by atoms with van der Waals surface area (Å²) in [7, 11) is 0. The van der Waals surface area contributed by atoms with Crippen LogP contribution in [0.25, 0.3) is 0 Å². The Morgan fingerprint density at radius 2 is 1.86 bits per heavy atom. The molecule has 2 rings (SSSR count). The highest BCUT2D eigenvalue weighted by Gasteiger charge is 2.40. The molecule has 0 bridgehead atoms. The molecule has 0 amide bonds. The van der Waals surface area contributed by atoms with Crippen LogP contribution >= 0.6 is 0 Å². The first kappa shape index (κ1) is 16.5. The van der Waals surface area contributed by atoms with Crippen LogP contribution in [0.2, 0.25) is 0 Å². The lowest BCUT2D eigenvalue weighted by Gasteiger charge is -2.44. The van der Waals surface area contributed by atoms with E-state index in [9.17, 15) is 5.11 Å². The van der Waals surface area contributed by atoms with Gasteiger partial charge in [-0.15, -0.1) is 0 Å². The third-order valence-electron chi connectivity index (χ3n) is 5.49. The molecule has 2 atom stereocenters. The predicted octanol–water partition coefficient (Wildman–Crippen LogP) is 4.05. The van der Waals surface area contributed by atoms with E-state index < -0.39 is 0 Å². The van der Waals surface area contributed by atoms with Gasteiger partial charge in [-0.25, -0.2) is 0 Å². The van der Waals surface area contributed by atoms with Crippen LogP contribution in [-0.4, -0.2) is 36.2 Å². The molecule has 2 heteroatoms. The van der Waals surface area contributed by atoms with Crippen LogP contribution < -0.4 is 0 Å². The number of rotatable bonds is 7. The van der Waals surface area contributed by atoms with Gasteiger partial charge >= 0.3 is 0 Å². The Morgan fingerprint density at radius 3 is 2.48 bits per heavy atom. The van der Waals surface area contributed by atoms with Crippen LogP contribution in [0.5, 0.6) is 0 Å². The summed E-state index contributed by atoms with van der Waals surface area (Å²) < 4.78 is 0. The van der Waals surface area contributed by atoms with Gasteiger partial charge in [-0.3, -0.25) is 0 Å². The van der Waals surface area contributed by atoms with Crippen LogP contribution in [0.4, 0.5) is 0 Å². The van der Waals surface area contributed by atoms with Gasteiger partial charge < -0.3 is 10.0 Å². The Morgan fingerprint density at radius 1 is 1.14 bits per heavy atom. The van der Waals surface area contributed by atoms with Crippen LogP contribution in [-0.2, 0) is 0 Å². The molecule has 0 aromatic heterocycles. The molecule has 1 aromatic carbocycles. The molecule has 0 aliphatic heterocycles. The third-order valence-corrected chi connectivity index (χ3v) is 5.49. The monoisotopic (exact) mass is 289 g/mol. The summed E-state index contributed by atoms with van der Waals surface area (Å²) in [5.74, 6) is 0.521. The Labute approximate surface area is 130 Å². The van der Waals surface area contributed by atoms with Crippen LogP contribution in [0.1, 0.15) is 57.4 Å². The number of nitrogens with zero attached hydrogens (tertiary/aromatic N) is 1. The van der Waals surface area contributed by atoms with Gasteiger partial charge in [0.2, 0.25) is 0 Å². The van der Waals surface area contributed by atoms with Crippen molar-refractivity contribution in [2.45, 2.75) is 51.9 Å². The number of benzene rings is 1. The molecule has 0 spiro atoms. The zero-order valence-corrected chi connectivity index (χ0v) is 13.7. The quantitative estimate of drug-likeness (QED) is 0.818. The fourth-order valence-corrected chi connectivity index (χ4v) is 4.00. The van der Waals surface area contributed by atoms with Gasteiger partial charge in [0.25, 0.3) is 0 Å². The average molecular weight is 289 g/mol. The fourth-order valence-electron chi connectivity index (χ4n) is 4.00. The number of hydrogen-bond donors (Lipinski definition) is 1. The van der Waals surface area contributed by atoms with Crippen molar-refractivity contribution in [2.24, 2.45) is 5.41 Å². The maximum Gasteiger partial charge on any atom is 0.0493 e. The zero-order chi connectivity index (χ0) is 15.1. The average Bonchev–Trinajstić information content (AvgIpc) is 2.57. The van der Waals surface area contributed by atoms with E-state index in [2.05, 4.69) is 49.1 Å². The Hall–Kier alpha value is -0.860. The molecule has 1 saturated carbocycles. The first-order valence-corrected chi connectivity index (χ1v) is 8.64. The minimum atomic E-state index is 0.0855. The van der Waals surface area contributed by atoms with Gasteiger partial charge in [0.15, 0.2) is 0 Å². The molecular weight excluding hydrogens is 258 g/mol. The maximum atomic E-state index is 10.2. The van der Waals surface area contributed by atoms with Gasteiger partial charge in [-0.1, -0.05) is 57.0 Å². The van der Waals surface area contributed by atoms with E-state index in [0.29, 0.717) is 12.5 Å². The minimum absolute atomic E-state index is 0.0855. The van der Waals surface area contributed by atoms with Crippen LogP contribution in [0.3, 0.4) is 0 Å². The van der Waals surface area contributed by atoms with E-state index in [1.807, 2.05) is 0 Å². The Kier molecular flexibility index (Phi) is 6.25. The lowest BCUT2D eigenvalue weighted by molar-refractivity contribution is 0.0405. The number of hydrogen-bond acceptors (Lipinski definition) is 2. The van der Waals surface area contributed by atoms with Crippen molar-refractivity contribution in [3.05, 3.63) is 35.9 Å². The normalized spacial score (nSPS) is 26.2. The molecule has 1 N–H and O–H groups in total. The van der Waals surface area contributed by atoms with E-state index in [-0.39, 0.29) is 5.41 Å². The van der Waals surface area contributed by atoms with E-state index >= 15 is 0 Å². The third kappa shape index (κ3) is 3.87. The van der Waals surface area contributed by atoms with Crippen molar-refractivity contribution in [3.8, 4) is 0 Å². The number of aliphatic hydroxyl groups excluding tert-OH is 1. The summed E-state index contributed by atoms with van der Waals surface area (Å²) in [6.45, 7) is 8.10. The highest BCUT2D eigenvalue weighted by atomic mass is 16.3. The van der Waals surface area contributed by atoms with Crippen molar-refractivity contribution in [1.82, 2.24) is 4.90 Å². The van der Waals surface area contributed by atoms with Gasteiger partial charge in [0.05, 0.1) is 0 Å². The number of aliphatic hydroxyl groups is 1. The zero-order valence-electron chi connectivity index (χ0n) is 13.7. The van der Waals surface area contributed by atoms with Gasteiger partial charge in [0.1, 0.15) is 0 Å². The first-order chi connectivity index (χ1) is 10.3. The molecule has 2 unspecified atom stereocenters. The largest absolute Gasteiger partial charge is 0.396 e. The second-order valence-corrected chi connectivity index (χ2v) is 6.51. The highest BCUT2D eigenvalue weighted by molar-refractivity contribution is 5.23. The molecule has 118 valence electrons. The predicted molar refractivity (Wildman–Crippen MR) is 89.6 cm³/mol.